The molecule has 1 atom stereocenters. The summed E-state index contributed by atoms with van der Waals surface area (Å²) < 4.78 is 11.7. The fourth-order valence-electron chi connectivity index (χ4n) is 6.01. The number of benzene rings is 1. The van der Waals surface area contributed by atoms with Crippen molar-refractivity contribution in [1.29, 1.82) is 0 Å². The Balaban J connectivity index is 2.07. The van der Waals surface area contributed by atoms with E-state index in [1.54, 1.807) is 0 Å². The monoisotopic (exact) mass is 705 g/mol. The summed E-state index contributed by atoms with van der Waals surface area (Å²) in [6.07, 6.45) is 46.6. The van der Waals surface area contributed by atoms with Crippen LogP contribution in [-0.4, -0.2) is 30.9 Å². The first-order chi connectivity index (χ1) is 25.1. The second kappa shape index (κ2) is 35.7. The molecule has 0 saturated carbocycles. The van der Waals surface area contributed by atoms with E-state index in [2.05, 4.69) is 62.5 Å². The minimum absolute atomic E-state index is 0.169. The molecule has 4 heteroatoms. The van der Waals surface area contributed by atoms with Crippen LogP contribution in [-0.2, 0) is 20.7 Å². The van der Waals surface area contributed by atoms with Crippen LogP contribution in [0.2, 0.25) is 0 Å². The molecular weight excluding hydrogens is 629 g/mol. The maximum atomic E-state index is 12.9. The molecule has 0 fully saturated rings. The number of hydrogen-bond acceptors (Lipinski definition) is 4. The van der Waals surface area contributed by atoms with E-state index in [0.29, 0.717) is 13.2 Å². The molecule has 51 heavy (non-hydrogen) atoms. The van der Waals surface area contributed by atoms with E-state index in [1.807, 2.05) is 24.3 Å². The molecule has 0 spiro atoms. The third kappa shape index (κ3) is 29.5. The zero-order chi connectivity index (χ0) is 36.9. The number of Topliss-reactive ketones (excluding diaryl/α,β-unsaturated/α-hetero) is 2. The van der Waals surface area contributed by atoms with E-state index >= 15 is 0 Å². The van der Waals surface area contributed by atoms with Gasteiger partial charge in [-0.1, -0.05) is 152 Å². The van der Waals surface area contributed by atoms with Gasteiger partial charge >= 0.3 is 0 Å². The fraction of sp³-hybridized carbons (Fsp3) is 0.660. The van der Waals surface area contributed by atoms with Crippen LogP contribution in [0.15, 0.2) is 72.9 Å². The standard InChI is InChI=1S/C47H76O4/c1-4-6-8-10-12-14-16-18-20-22-24-26-28-30-32-34-40-50-45-38-36-44(37-39-45)42-46(49)47(43(3)48)51-41-35-33-31-29-27-25-23-21-19-17-15-13-11-9-7-5-2/h12-15,18-21,36-39,47H,4-11,16-17,22-35,40-42H2,1-3H3/b14-12-,15-13-,20-18-,21-19-. The second-order valence-electron chi connectivity index (χ2n) is 14.2. The Bertz CT molecular complexity index is 1060. The van der Waals surface area contributed by atoms with Crippen LogP contribution in [0.25, 0.3) is 0 Å². The van der Waals surface area contributed by atoms with Gasteiger partial charge in [-0.05, 0) is 102 Å². The number of allylic oxidation sites excluding steroid dienone is 8. The number of ether oxygens (including phenoxy) is 2. The lowest BCUT2D eigenvalue weighted by Crippen LogP contribution is -2.33. The largest absolute Gasteiger partial charge is 0.494 e. The first-order valence-corrected chi connectivity index (χ1v) is 21.0. The summed E-state index contributed by atoms with van der Waals surface area (Å²) in [6.45, 7) is 7.11. The molecule has 0 amide bonds. The smallest absolute Gasteiger partial charge is 0.174 e. The van der Waals surface area contributed by atoms with Crippen LogP contribution in [0, 0.1) is 0 Å². The van der Waals surface area contributed by atoms with Crippen molar-refractivity contribution in [3.05, 3.63) is 78.4 Å². The van der Waals surface area contributed by atoms with Gasteiger partial charge in [0.2, 0.25) is 0 Å². The summed E-state index contributed by atoms with van der Waals surface area (Å²) in [5, 5.41) is 0. The van der Waals surface area contributed by atoms with Gasteiger partial charge < -0.3 is 9.47 Å². The Morgan fingerprint density at radius 1 is 0.529 bits per heavy atom. The van der Waals surface area contributed by atoms with Gasteiger partial charge in [-0.25, -0.2) is 0 Å². The van der Waals surface area contributed by atoms with Crippen molar-refractivity contribution in [3.63, 3.8) is 0 Å². The third-order valence-electron chi connectivity index (χ3n) is 9.21. The van der Waals surface area contributed by atoms with Gasteiger partial charge in [0, 0.05) is 13.0 Å². The van der Waals surface area contributed by atoms with Crippen molar-refractivity contribution in [1.82, 2.24) is 0 Å². The van der Waals surface area contributed by atoms with Crippen molar-refractivity contribution < 1.29 is 19.1 Å². The van der Waals surface area contributed by atoms with Gasteiger partial charge in [0.1, 0.15) is 5.75 Å². The summed E-state index contributed by atoms with van der Waals surface area (Å²) in [5.41, 5.74) is 0.879. The highest BCUT2D eigenvalue weighted by Crippen LogP contribution is 2.16. The van der Waals surface area contributed by atoms with Gasteiger partial charge in [0.25, 0.3) is 0 Å². The zero-order valence-corrected chi connectivity index (χ0v) is 33.2. The average Bonchev–Trinajstić information content (AvgIpc) is 3.13. The first kappa shape index (κ1) is 46.3. The summed E-state index contributed by atoms with van der Waals surface area (Å²) in [4.78, 5) is 25.1. The van der Waals surface area contributed by atoms with Crippen molar-refractivity contribution in [3.8, 4) is 5.75 Å². The molecule has 1 aromatic carbocycles. The molecule has 1 unspecified atom stereocenters. The van der Waals surface area contributed by atoms with E-state index in [9.17, 15) is 9.59 Å². The van der Waals surface area contributed by atoms with E-state index < -0.39 is 6.10 Å². The molecule has 0 heterocycles. The second-order valence-corrected chi connectivity index (χ2v) is 14.2. The molecular formula is C47H76O4. The molecule has 0 bridgehead atoms. The molecule has 0 aromatic heterocycles. The highest BCUT2D eigenvalue weighted by molar-refractivity contribution is 6.05. The van der Waals surface area contributed by atoms with Crippen LogP contribution >= 0.6 is 0 Å². The predicted molar refractivity (Wildman–Crippen MR) is 220 cm³/mol. The van der Waals surface area contributed by atoms with E-state index in [-0.39, 0.29) is 18.0 Å². The highest BCUT2D eigenvalue weighted by Gasteiger charge is 2.23. The molecule has 0 N–H and O–H groups in total. The lowest BCUT2D eigenvalue weighted by molar-refractivity contribution is -0.141. The molecule has 1 aromatic rings. The number of hydrogen-bond donors (Lipinski definition) is 0. The highest BCUT2D eigenvalue weighted by atomic mass is 16.5. The Morgan fingerprint density at radius 2 is 0.941 bits per heavy atom. The summed E-state index contributed by atoms with van der Waals surface area (Å²) in [5.74, 6) is 0.441. The average molecular weight is 705 g/mol. The lowest BCUT2D eigenvalue weighted by Gasteiger charge is -2.14. The predicted octanol–water partition coefficient (Wildman–Crippen LogP) is 13.8. The topological polar surface area (TPSA) is 52.6 Å². The molecule has 0 aliphatic carbocycles. The van der Waals surface area contributed by atoms with Crippen molar-refractivity contribution in [2.24, 2.45) is 0 Å². The van der Waals surface area contributed by atoms with E-state index in [1.165, 1.54) is 116 Å². The van der Waals surface area contributed by atoms with Gasteiger partial charge in [-0.15, -0.1) is 0 Å². The quantitative estimate of drug-likeness (QED) is 0.0396. The van der Waals surface area contributed by atoms with Crippen molar-refractivity contribution in [2.75, 3.05) is 13.2 Å². The summed E-state index contributed by atoms with van der Waals surface area (Å²) in [7, 11) is 0. The number of unbranched alkanes of at least 4 members (excludes halogenated alkanes) is 18. The molecule has 288 valence electrons. The van der Waals surface area contributed by atoms with Crippen molar-refractivity contribution in [2.45, 2.75) is 187 Å². The van der Waals surface area contributed by atoms with Crippen LogP contribution in [0.3, 0.4) is 0 Å². The minimum atomic E-state index is -0.970. The molecule has 0 radical (unpaired) electrons. The fourth-order valence-corrected chi connectivity index (χ4v) is 6.01. The first-order valence-electron chi connectivity index (χ1n) is 21.0. The molecule has 4 nitrogen and oxygen atoms in total. The van der Waals surface area contributed by atoms with Crippen LogP contribution in [0.1, 0.15) is 180 Å². The number of carbonyl (C=O) groups excluding carboxylic acids is 2. The Morgan fingerprint density at radius 3 is 1.39 bits per heavy atom. The number of carbonyl (C=O) groups is 2. The van der Waals surface area contributed by atoms with Crippen LogP contribution in [0.4, 0.5) is 0 Å². The molecule has 0 aliphatic heterocycles. The third-order valence-corrected chi connectivity index (χ3v) is 9.21. The SMILES string of the molecule is CCCCC/C=C\C/C=C\CCCCCCCCOc1ccc(CC(=O)C(OCCCCCCCC/C=C\C/C=C\CCCCC)C(C)=O)cc1. The maximum absolute atomic E-state index is 12.9. The normalized spacial score (nSPS) is 12.6. The molecule has 0 aliphatic rings. The maximum Gasteiger partial charge on any atom is 0.174 e. The van der Waals surface area contributed by atoms with Crippen molar-refractivity contribution >= 4 is 11.6 Å². The molecule has 0 saturated heterocycles. The number of ketones is 2. The number of rotatable bonds is 36. The summed E-state index contributed by atoms with van der Waals surface area (Å²) >= 11 is 0. The van der Waals surface area contributed by atoms with Gasteiger partial charge in [0.05, 0.1) is 6.61 Å². The minimum Gasteiger partial charge on any atom is -0.494 e. The molecule has 1 rings (SSSR count). The lowest BCUT2D eigenvalue weighted by atomic mass is 10.0. The van der Waals surface area contributed by atoms with Crippen LogP contribution in [0.5, 0.6) is 5.75 Å². The Labute approximate surface area is 314 Å². The van der Waals surface area contributed by atoms with E-state index in [0.717, 1.165) is 56.3 Å². The zero-order valence-electron chi connectivity index (χ0n) is 33.2. The summed E-state index contributed by atoms with van der Waals surface area (Å²) in [6, 6.07) is 7.69. The Hall–Kier alpha value is -2.72. The van der Waals surface area contributed by atoms with Crippen LogP contribution < -0.4 is 4.74 Å². The van der Waals surface area contributed by atoms with Gasteiger partial charge in [0.15, 0.2) is 17.7 Å². The van der Waals surface area contributed by atoms with Gasteiger partial charge in [-0.2, -0.15) is 0 Å². The Kier molecular flexibility index (Phi) is 32.4. The van der Waals surface area contributed by atoms with E-state index in [4.69, 9.17) is 9.47 Å². The van der Waals surface area contributed by atoms with Gasteiger partial charge in [-0.3, -0.25) is 9.59 Å².